The predicted molar refractivity (Wildman–Crippen MR) is 55.7 cm³/mol. The number of carbonyl (C=O) groups is 1. The molecule has 13 heavy (non-hydrogen) atoms. The summed E-state index contributed by atoms with van der Waals surface area (Å²) in [4.78, 5) is 10.5. The maximum atomic E-state index is 10.5. The van der Waals surface area contributed by atoms with Crippen LogP contribution in [0.4, 0.5) is 0 Å². The van der Waals surface area contributed by atoms with Crippen LogP contribution in [0.25, 0.3) is 0 Å². The highest BCUT2D eigenvalue weighted by Gasteiger charge is 1.95. The van der Waals surface area contributed by atoms with Crippen LogP contribution in [0, 0.1) is 6.92 Å². The average Bonchev–Trinajstić information content (AvgIpc) is 2.06. The highest BCUT2D eigenvalue weighted by atomic mass is 16.1. The van der Waals surface area contributed by atoms with Gasteiger partial charge in [0.1, 0.15) is 0 Å². The summed E-state index contributed by atoms with van der Waals surface area (Å²) in [6.45, 7) is 6.21. The summed E-state index contributed by atoms with van der Waals surface area (Å²) in [5, 5.41) is 0. The minimum atomic E-state index is -0.375. The lowest BCUT2D eigenvalue weighted by molar-refractivity contribution is 0.100. The Hall–Kier alpha value is -1.31. The standard InChI is InChI=1S/C8H9NO.C3H8/c1-6-2-4-7(5-3-6)8(9)10;1-3-2/h2-5H,1H3,(H2,9,10);3H2,1-2H3. The Kier molecular flexibility index (Phi) is 5.60. The van der Waals surface area contributed by atoms with E-state index >= 15 is 0 Å². The van der Waals surface area contributed by atoms with Crippen molar-refractivity contribution >= 4 is 5.91 Å². The van der Waals surface area contributed by atoms with Gasteiger partial charge in [-0.1, -0.05) is 38.0 Å². The lowest BCUT2D eigenvalue weighted by atomic mass is 10.1. The smallest absolute Gasteiger partial charge is 0.248 e. The molecule has 2 nitrogen and oxygen atoms in total. The lowest BCUT2D eigenvalue weighted by Crippen LogP contribution is -2.10. The topological polar surface area (TPSA) is 43.1 Å². The average molecular weight is 179 g/mol. The lowest BCUT2D eigenvalue weighted by Gasteiger charge is -1.93. The van der Waals surface area contributed by atoms with Crippen LogP contribution >= 0.6 is 0 Å². The molecule has 1 rings (SSSR count). The second-order valence-electron chi connectivity index (χ2n) is 2.94. The minimum absolute atomic E-state index is 0.375. The molecule has 0 radical (unpaired) electrons. The second kappa shape index (κ2) is 6.23. The van der Waals surface area contributed by atoms with E-state index in [-0.39, 0.29) is 5.91 Å². The molecule has 0 aromatic heterocycles. The largest absolute Gasteiger partial charge is 0.366 e. The van der Waals surface area contributed by atoms with Crippen molar-refractivity contribution in [3.8, 4) is 0 Å². The van der Waals surface area contributed by atoms with Gasteiger partial charge < -0.3 is 5.73 Å². The van der Waals surface area contributed by atoms with Gasteiger partial charge in [0.05, 0.1) is 0 Å². The molecule has 0 aliphatic carbocycles. The van der Waals surface area contributed by atoms with Crippen LogP contribution in [0.5, 0.6) is 0 Å². The molecule has 1 amide bonds. The molecule has 0 saturated carbocycles. The zero-order valence-electron chi connectivity index (χ0n) is 8.50. The van der Waals surface area contributed by atoms with Gasteiger partial charge in [0.15, 0.2) is 0 Å². The van der Waals surface area contributed by atoms with Gasteiger partial charge in [-0.3, -0.25) is 4.79 Å². The van der Waals surface area contributed by atoms with Crippen LogP contribution in [-0.2, 0) is 0 Å². The van der Waals surface area contributed by atoms with Crippen LogP contribution in [0.3, 0.4) is 0 Å². The molecule has 2 N–H and O–H groups in total. The van der Waals surface area contributed by atoms with E-state index in [1.165, 1.54) is 6.42 Å². The highest BCUT2D eigenvalue weighted by Crippen LogP contribution is 2.00. The Morgan fingerprint density at radius 3 is 1.92 bits per heavy atom. The molecule has 0 saturated heterocycles. The van der Waals surface area contributed by atoms with Crippen LogP contribution in [0.15, 0.2) is 24.3 Å². The van der Waals surface area contributed by atoms with Crippen molar-refractivity contribution in [3.05, 3.63) is 35.4 Å². The zero-order chi connectivity index (χ0) is 10.3. The van der Waals surface area contributed by atoms with Gasteiger partial charge in [-0.2, -0.15) is 0 Å². The number of nitrogens with two attached hydrogens (primary N) is 1. The third-order valence-electron chi connectivity index (χ3n) is 1.34. The SMILES string of the molecule is CCC.Cc1ccc(C(N)=O)cc1. The first-order valence-corrected chi connectivity index (χ1v) is 4.48. The van der Waals surface area contributed by atoms with Crippen molar-refractivity contribution in [1.82, 2.24) is 0 Å². The van der Waals surface area contributed by atoms with E-state index in [4.69, 9.17) is 5.73 Å². The summed E-state index contributed by atoms with van der Waals surface area (Å²) in [6, 6.07) is 7.16. The van der Waals surface area contributed by atoms with Crippen LogP contribution in [-0.4, -0.2) is 5.91 Å². The third-order valence-corrected chi connectivity index (χ3v) is 1.34. The van der Waals surface area contributed by atoms with Crippen molar-refractivity contribution in [2.75, 3.05) is 0 Å². The molecule has 1 aromatic carbocycles. The first-order valence-electron chi connectivity index (χ1n) is 4.48. The molecular weight excluding hydrogens is 162 g/mol. The molecule has 0 unspecified atom stereocenters. The number of carbonyl (C=O) groups excluding carboxylic acids is 1. The molecule has 0 heterocycles. The van der Waals surface area contributed by atoms with E-state index in [9.17, 15) is 4.79 Å². The number of primary amides is 1. The first-order chi connectivity index (χ1) is 6.11. The predicted octanol–water partition coefficient (Wildman–Crippen LogP) is 2.51. The fraction of sp³-hybridized carbons (Fsp3) is 0.364. The number of hydrogen-bond acceptors (Lipinski definition) is 1. The van der Waals surface area contributed by atoms with E-state index in [1.807, 2.05) is 19.1 Å². The maximum Gasteiger partial charge on any atom is 0.248 e. The first kappa shape index (κ1) is 11.7. The summed E-state index contributed by atoms with van der Waals surface area (Å²) in [5.41, 5.74) is 6.72. The van der Waals surface area contributed by atoms with E-state index in [2.05, 4.69) is 13.8 Å². The van der Waals surface area contributed by atoms with Crippen molar-refractivity contribution < 1.29 is 4.79 Å². The van der Waals surface area contributed by atoms with Gasteiger partial charge in [0, 0.05) is 5.56 Å². The van der Waals surface area contributed by atoms with E-state index < -0.39 is 0 Å². The molecule has 0 aliphatic rings. The second-order valence-corrected chi connectivity index (χ2v) is 2.94. The van der Waals surface area contributed by atoms with Gasteiger partial charge in [0.2, 0.25) is 5.91 Å². The van der Waals surface area contributed by atoms with Crippen molar-refractivity contribution in [3.63, 3.8) is 0 Å². The van der Waals surface area contributed by atoms with Crippen molar-refractivity contribution in [2.45, 2.75) is 27.2 Å². The molecule has 0 fully saturated rings. The quantitative estimate of drug-likeness (QED) is 0.707. The molecule has 0 aliphatic heterocycles. The third kappa shape index (κ3) is 5.01. The Morgan fingerprint density at radius 2 is 1.62 bits per heavy atom. The van der Waals surface area contributed by atoms with Crippen molar-refractivity contribution in [1.29, 1.82) is 0 Å². The molecule has 0 bridgehead atoms. The normalized spacial score (nSPS) is 8.54. The Balaban J connectivity index is 0.000000424. The zero-order valence-corrected chi connectivity index (χ0v) is 8.50. The Morgan fingerprint density at radius 1 is 1.23 bits per heavy atom. The number of hydrogen-bond donors (Lipinski definition) is 1. The fourth-order valence-electron chi connectivity index (χ4n) is 0.718. The molecule has 0 atom stereocenters. The summed E-state index contributed by atoms with van der Waals surface area (Å²) in [6.07, 6.45) is 1.25. The number of benzene rings is 1. The van der Waals surface area contributed by atoms with Crippen LogP contribution in [0.2, 0.25) is 0 Å². The molecule has 0 spiro atoms. The van der Waals surface area contributed by atoms with Crippen LogP contribution < -0.4 is 5.73 Å². The van der Waals surface area contributed by atoms with Gasteiger partial charge in [-0.05, 0) is 19.1 Å². The fourth-order valence-corrected chi connectivity index (χ4v) is 0.718. The van der Waals surface area contributed by atoms with Gasteiger partial charge in [0.25, 0.3) is 0 Å². The van der Waals surface area contributed by atoms with Crippen molar-refractivity contribution in [2.24, 2.45) is 5.73 Å². The molecule has 72 valence electrons. The Labute approximate surface area is 79.8 Å². The number of amides is 1. The maximum absolute atomic E-state index is 10.5. The number of rotatable bonds is 1. The van der Waals surface area contributed by atoms with E-state index in [0.717, 1.165) is 5.56 Å². The summed E-state index contributed by atoms with van der Waals surface area (Å²) >= 11 is 0. The summed E-state index contributed by atoms with van der Waals surface area (Å²) in [5.74, 6) is -0.375. The summed E-state index contributed by atoms with van der Waals surface area (Å²) in [7, 11) is 0. The molecule has 2 heteroatoms. The monoisotopic (exact) mass is 179 g/mol. The van der Waals surface area contributed by atoms with Gasteiger partial charge in [-0.25, -0.2) is 0 Å². The van der Waals surface area contributed by atoms with Crippen LogP contribution in [0.1, 0.15) is 36.2 Å². The Bertz CT molecular complexity index is 251. The summed E-state index contributed by atoms with van der Waals surface area (Å²) < 4.78 is 0. The minimum Gasteiger partial charge on any atom is -0.366 e. The van der Waals surface area contributed by atoms with Gasteiger partial charge in [-0.15, -0.1) is 0 Å². The molecule has 1 aromatic rings. The van der Waals surface area contributed by atoms with E-state index in [1.54, 1.807) is 12.1 Å². The van der Waals surface area contributed by atoms with E-state index in [0.29, 0.717) is 5.56 Å². The molecular formula is C11H17NO. The number of aryl methyl sites for hydroxylation is 1. The van der Waals surface area contributed by atoms with Gasteiger partial charge >= 0.3 is 0 Å². The highest BCUT2D eigenvalue weighted by molar-refractivity contribution is 5.92.